The van der Waals surface area contributed by atoms with Crippen LogP contribution in [-0.4, -0.2) is 58.3 Å². The number of hydrogen-bond donors (Lipinski definition) is 1. The molecule has 0 amide bonds. The van der Waals surface area contributed by atoms with E-state index in [2.05, 4.69) is 35.1 Å². The Kier molecular flexibility index (Phi) is 9.50. The highest BCUT2D eigenvalue weighted by Gasteiger charge is 2.24. The molecule has 3 heterocycles. The van der Waals surface area contributed by atoms with Gasteiger partial charge < -0.3 is 19.6 Å². The molecule has 1 fully saturated rings. The Labute approximate surface area is 252 Å². The minimum atomic E-state index is -0.851. The summed E-state index contributed by atoms with van der Waals surface area (Å²) in [5, 5.41) is 9.34. The zero-order valence-electron chi connectivity index (χ0n) is 25.4. The predicted octanol–water partition coefficient (Wildman–Crippen LogP) is 4.24. The lowest BCUT2D eigenvalue weighted by atomic mass is 9.92. The summed E-state index contributed by atoms with van der Waals surface area (Å²) in [6.45, 7) is 8.67. The molecule has 2 aliphatic heterocycles. The Balaban J connectivity index is 1.24. The summed E-state index contributed by atoms with van der Waals surface area (Å²) in [5.74, 6) is 1.20. The maximum atomic E-state index is 12.8. The van der Waals surface area contributed by atoms with Gasteiger partial charge in [-0.3, -0.25) is 18.7 Å². The van der Waals surface area contributed by atoms with Crippen LogP contribution < -0.4 is 20.9 Å². The number of anilines is 1. The maximum absolute atomic E-state index is 12.8. The van der Waals surface area contributed by atoms with Crippen LogP contribution in [0.15, 0.2) is 64.2 Å². The number of benzene rings is 2. The quantitative estimate of drug-likeness (QED) is 0.380. The van der Waals surface area contributed by atoms with Gasteiger partial charge in [0.1, 0.15) is 18.2 Å². The molecule has 2 aliphatic rings. The smallest absolute Gasteiger partial charge is 0.332 e. The number of piperidine rings is 1. The first-order valence-corrected chi connectivity index (χ1v) is 15.3. The lowest BCUT2D eigenvalue weighted by Gasteiger charge is -2.36. The monoisotopic (exact) mass is 586 g/mol. The summed E-state index contributed by atoms with van der Waals surface area (Å²) in [7, 11) is 2.16. The highest BCUT2D eigenvalue weighted by atomic mass is 16.5. The molecule has 1 N–H and O–H groups in total. The number of fused-ring (bicyclic) bond motifs is 2. The summed E-state index contributed by atoms with van der Waals surface area (Å²) in [6.07, 6.45) is 5.09. The van der Waals surface area contributed by atoms with Crippen LogP contribution in [0.5, 0.6) is 5.75 Å². The van der Waals surface area contributed by atoms with Gasteiger partial charge >= 0.3 is 11.7 Å². The van der Waals surface area contributed by atoms with E-state index in [1.54, 1.807) is 10.6 Å². The first kappa shape index (κ1) is 30.4. The van der Waals surface area contributed by atoms with Crippen molar-refractivity contribution in [3.05, 3.63) is 97.7 Å². The van der Waals surface area contributed by atoms with E-state index in [0.717, 1.165) is 84.8 Å². The Hall–Kier alpha value is -4.11. The van der Waals surface area contributed by atoms with Gasteiger partial charge in [-0.05, 0) is 80.5 Å². The number of hydrogen-bond acceptors (Lipinski definition) is 6. The Morgan fingerprint density at radius 3 is 2.49 bits per heavy atom. The van der Waals surface area contributed by atoms with Crippen molar-refractivity contribution in [2.24, 2.45) is 5.92 Å². The number of aromatic nitrogens is 2. The van der Waals surface area contributed by atoms with Crippen molar-refractivity contribution in [1.29, 1.82) is 0 Å². The highest BCUT2D eigenvalue weighted by Crippen LogP contribution is 2.37. The number of ether oxygens (including phenoxy) is 1. The van der Waals surface area contributed by atoms with Crippen LogP contribution in [0.2, 0.25) is 0 Å². The van der Waals surface area contributed by atoms with Crippen molar-refractivity contribution >= 4 is 17.4 Å². The van der Waals surface area contributed by atoms with Gasteiger partial charge in [-0.15, -0.1) is 0 Å². The fourth-order valence-corrected chi connectivity index (χ4v) is 6.39. The Morgan fingerprint density at radius 1 is 1.02 bits per heavy atom. The topological polar surface area (TPSA) is 97.0 Å². The van der Waals surface area contributed by atoms with Crippen molar-refractivity contribution in [3.63, 3.8) is 0 Å². The van der Waals surface area contributed by atoms with E-state index in [-0.39, 0.29) is 17.7 Å². The molecule has 0 atom stereocenters. The maximum Gasteiger partial charge on any atom is 0.332 e. The average molecular weight is 587 g/mol. The minimum Gasteiger partial charge on any atom is -0.488 e. The second-order valence-electron chi connectivity index (χ2n) is 11.6. The van der Waals surface area contributed by atoms with Crippen molar-refractivity contribution in [1.82, 2.24) is 14.0 Å². The fraction of sp³-hybridized carbons (Fsp3) is 0.441. The van der Waals surface area contributed by atoms with Gasteiger partial charge in [0.25, 0.3) is 5.56 Å². The van der Waals surface area contributed by atoms with Crippen molar-refractivity contribution in [2.75, 3.05) is 38.1 Å². The van der Waals surface area contributed by atoms with Gasteiger partial charge in [-0.1, -0.05) is 36.4 Å². The molecule has 5 rings (SSSR count). The van der Waals surface area contributed by atoms with Gasteiger partial charge in [0, 0.05) is 50.9 Å². The molecule has 0 spiro atoms. The standard InChI is InChI=1S/C34H42N4O5/c1-4-37-31(21-32(39)38(5-2)34(37)42)36-17-14-24(15-18-36)22-35(3)16-8-11-28-27-10-7-6-9-26(27)23-43-30-13-12-25(19-29(28)30)20-33(40)41/h6-7,9-13,19,21,24H,4-5,8,14-18,20,22-23H2,1-3H3,(H,40,41)/b28-11-. The second-order valence-corrected chi connectivity index (χ2v) is 11.6. The number of rotatable bonds is 10. The summed E-state index contributed by atoms with van der Waals surface area (Å²) in [5.41, 5.74) is 4.57. The molecular weight excluding hydrogens is 544 g/mol. The summed E-state index contributed by atoms with van der Waals surface area (Å²) in [4.78, 5) is 41.3. The van der Waals surface area contributed by atoms with Gasteiger partial charge in [-0.25, -0.2) is 4.79 Å². The molecule has 0 saturated carbocycles. The highest BCUT2D eigenvalue weighted by molar-refractivity contribution is 5.85. The molecule has 0 unspecified atom stereocenters. The van der Waals surface area contributed by atoms with Crippen LogP contribution in [0.4, 0.5) is 5.82 Å². The Morgan fingerprint density at radius 2 is 1.77 bits per heavy atom. The largest absolute Gasteiger partial charge is 0.488 e. The SMILES string of the molecule is CCn1c(N2CCC(CN(C)CC/C=C3/c4ccccc4COc4ccc(CC(=O)O)cc43)CC2)cc(=O)n(CC)c1=O. The average Bonchev–Trinajstić information content (AvgIpc) is 3.14. The minimum absolute atomic E-state index is 0.0265. The van der Waals surface area contributed by atoms with Crippen LogP contribution in [-0.2, 0) is 30.9 Å². The lowest BCUT2D eigenvalue weighted by Crippen LogP contribution is -2.45. The molecule has 3 aromatic rings. The second kappa shape index (κ2) is 13.5. The number of nitrogens with zero attached hydrogens (tertiary/aromatic N) is 4. The van der Waals surface area contributed by atoms with Crippen LogP contribution >= 0.6 is 0 Å². The van der Waals surface area contributed by atoms with E-state index >= 15 is 0 Å². The van der Waals surface area contributed by atoms with Gasteiger partial charge in [0.2, 0.25) is 0 Å². The number of carboxylic acid groups (broad SMARTS) is 1. The molecule has 2 aromatic carbocycles. The summed E-state index contributed by atoms with van der Waals surface area (Å²) >= 11 is 0. The van der Waals surface area contributed by atoms with Crippen molar-refractivity contribution in [2.45, 2.75) is 59.2 Å². The first-order valence-electron chi connectivity index (χ1n) is 15.3. The first-order chi connectivity index (χ1) is 20.8. The van der Waals surface area contributed by atoms with Crippen LogP contribution in [0, 0.1) is 5.92 Å². The molecular formula is C34H42N4O5. The molecule has 228 valence electrons. The van der Waals surface area contributed by atoms with Gasteiger partial charge in [-0.2, -0.15) is 0 Å². The zero-order chi connectivity index (χ0) is 30.5. The van der Waals surface area contributed by atoms with Crippen molar-refractivity contribution < 1.29 is 14.6 Å². The summed E-state index contributed by atoms with van der Waals surface area (Å²) < 4.78 is 9.14. The van der Waals surface area contributed by atoms with E-state index in [1.807, 2.05) is 44.2 Å². The van der Waals surface area contributed by atoms with Crippen molar-refractivity contribution in [3.8, 4) is 5.75 Å². The third-order valence-electron chi connectivity index (χ3n) is 8.64. The zero-order valence-corrected chi connectivity index (χ0v) is 25.4. The van der Waals surface area contributed by atoms with Crippen LogP contribution in [0.25, 0.3) is 5.57 Å². The molecule has 0 bridgehead atoms. The molecule has 1 aromatic heterocycles. The van der Waals surface area contributed by atoms with E-state index < -0.39 is 5.97 Å². The third-order valence-corrected chi connectivity index (χ3v) is 8.64. The van der Waals surface area contributed by atoms with Gasteiger partial charge in [0.05, 0.1) is 6.42 Å². The van der Waals surface area contributed by atoms with Crippen LogP contribution in [0.1, 0.15) is 55.4 Å². The fourth-order valence-electron chi connectivity index (χ4n) is 6.39. The van der Waals surface area contributed by atoms with Gasteiger partial charge in [0.15, 0.2) is 0 Å². The number of carbonyl (C=O) groups is 1. The molecule has 9 heteroatoms. The molecule has 1 saturated heterocycles. The molecule has 0 aliphatic carbocycles. The normalized spacial score (nSPS) is 16.1. The Bertz CT molecular complexity index is 1610. The molecule has 43 heavy (non-hydrogen) atoms. The number of carboxylic acids is 1. The van der Waals surface area contributed by atoms with E-state index in [1.165, 1.54) is 4.57 Å². The summed E-state index contributed by atoms with van der Waals surface area (Å²) in [6, 6.07) is 15.5. The lowest BCUT2D eigenvalue weighted by molar-refractivity contribution is -0.136. The van der Waals surface area contributed by atoms with Crippen LogP contribution in [0.3, 0.4) is 0 Å². The van der Waals surface area contributed by atoms with E-state index in [0.29, 0.717) is 25.6 Å². The van der Waals surface area contributed by atoms with E-state index in [4.69, 9.17) is 4.74 Å². The molecule has 0 radical (unpaired) electrons. The number of aliphatic carboxylic acids is 1. The predicted molar refractivity (Wildman–Crippen MR) is 169 cm³/mol. The third kappa shape index (κ3) is 6.77. The molecule has 9 nitrogen and oxygen atoms in total. The van der Waals surface area contributed by atoms with E-state index in [9.17, 15) is 19.5 Å².